The third kappa shape index (κ3) is 4.23. The van der Waals surface area contributed by atoms with Crippen molar-refractivity contribution in [3.63, 3.8) is 0 Å². The fourth-order valence-corrected chi connectivity index (χ4v) is 3.99. The molecule has 1 aliphatic rings. The average Bonchev–Trinajstić information content (AvgIpc) is 2.73. The van der Waals surface area contributed by atoms with Crippen molar-refractivity contribution in [1.82, 2.24) is 0 Å². The maximum atomic E-state index is 13.6. The van der Waals surface area contributed by atoms with Crippen molar-refractivity contribution in [2.45, 2.75) is 25.3 Å². The molecule has 1 fully saturated rings. The number of quaternary nitrogens is 1. The lowest BCUT2D eigenvalue weighted by Gasteiger charge is -2.35. The van der Waals surface area contributed by atoms with Gasteiger partial charge in [-0.15, -0.1) is 0 Å². The summed E-state index contributed by atoms with van der Waals surface area (Å²) < 4.78 is 5.43. The van der Waals surface area contributed by atoms with E-state index in [0.717, 1.165) is 50.4 Å². The normalized spacial score (nSPS) is 17.0. The Morgan fingerprint density at radius 2 is 1.67 bits per heavy atom. The molecule has 0 radical (unpaired) electrons. The van der Waals surface area contributed by atoms with Crippen LogP contribution in [0, 0.1) is 0 Å². The van der Waals surface area contributed by atoms with Crippen molar-refractivity contribution >= 4 is 11.5 Å². The fourth-order valence-electron chi connectivity index (χ4n) is 3.99. The van der Waals surface area contributed by atoms with Crippen molar-refractivity contribution < 1.29 is 14.4 Å². The van der Waals surface area contributed by atoms with Crippen molar-refractivity contribution in [2.24, 2.45) is 0 Å². The van der Waals surface area contributed by atoms with E-state index in [-0.39, 0.29) is 5.78 Å². The molecule has 0 amide bonds. The van der Waals surface area contributed by atoms with Gasteiger partial charge in [-0.2, -0.15) is 0 Å². The number of Topliss-reactive ketones (excluding diaryl/α,β-unsaturated/α-hetero) is 1. The van der Waals surface area contributed by atoms with Gasteiger partial charge in [0.1, 0.15) is 0 Å². The zero-order chi connectivity index (χ0) is 19.3. The summed E-state index contributed by atoms with van der Waals surface area (Å²) in [7, 11) is 4.18. The fraction of sp³-hybridized carbons (Fsp3) is 0.435. The number of hydrogen-bond donors (Lipinski definition) is 1. The highest BCUT2D eigenvalue weighted by molar-refractivity contribution is 6.02. The van der Waals surface area contributed by atoms with Crippen LogP contribution in [-0.4, -0.2) is 51.7 Å². The number of nitrogens with zero attached hydrogens (tertiary/aromatic N) is 1. The molecule has 1 atom stereocenters. The molecule has 0 aromatic heterocycles. The number of likely N-dealkylation sites (N-methyl/N-ethyl adjacent to an activating group) is 1. The number of ketones is 1. The third-order valence-corrected chi connectivity index (χ3v) is 5.85. The van der Waals surface area contributed by atoms with Crippen LogP contribution in [0.1, 0.15) is 29.3 Å². The summed E-state index contributed by atoms with van der Waals surface area (Å²) in [4.78, 5) is 17.1. The Balaban J connectivity index is 1.85. The summed E-state index contributed by atoms with van der Waals surface area (Å²) in [5.74, 6) is 0.224. The Hall–Kier alpha value is -2.17. The van der Waals surface area contributed by atoms with Crippen LogP contribution in [0.3, 0.4) is 0 Å². The molecule has 0 spiro atoms. The molecule has 1 saturated heterocycles. The lowest BCUT2D eigenvalue weighted by molar-refractivity contribution is -0.903. The average molecular weight is 368 g/mol. The van der Waals surface area contributed by atoms with Crippen LogP contribution < -0.4 is 9.80 Å². The third-order valence-electron chi connectivity index (χ3n) is 5.85. The molecule has 0 bridgehead atoms. The largest absolute Gasteiger partial charge is 0.378 e. The minimum atomic E-state index is -0.457. The molecule has 1 aliphatic heterocycles. The maximum Gasteiger partial charge on any atom is 0.223 e. The van der Waals surface area contributed by atoms with Crippen LogP contribution in [-0.2, 0) is 11.2 Å². The van der Waals surface area contributed by atoms with E-state index in [2.05, 4.69) is 50.2 Å². The molecule has 0 unspecified atom stereocenters. The molecule has 3 rings (SSSR count). The van der Waals surface area contributed by atoms with Gasteiger partial charge in [0, 0.05) is 37.2 Å². The van der Waals surface area contributed by atoms with Crippen LogP contribution in [0.25, 0.3) is 0 Å². The first-order chi connectivity index (χ1) is 13.1. The van der Waals surface area contributed by atoms with Gasteiger partial charge >= 0.3 is 0 Å². The van der Waals surface area contributed by atoms with Crippen molar-refractivity contribution in [1.29, 1.82) is 0 Å². The molecule has 27 heavy (non-hydrogen) atoms. The molecule has 0 aliphatic carbocycles. The summed E-state index contributed by atoms with van der Waals surface area (Å²) >= 11 is 0. The molecular weight excluding hydrogens is 336 g/mol. The van der Waals surface area contributed by atoms with Gasteiger partial charge in [0.2, 0.25) is 5.78 Å². The Bertz CT molecular complexity index is 737. The topological polar surface area (TPSA) is 34.0 Å². The number of ether oxygens (including phenoxy) is 1. The molecule has 4 heteroatoms. The first-order valence-electron chi connectivity index (χ1n) is 9.89. The molecular formula is C23H31N2O2+. The monoisotopic (exact) mass is 367 g/mol. The van der Waals surface area contributed by atoms with E-state index < -0.39 is 5.54 Å². The second-order valence-electron chi connectivity index (χ2n) is 7.57. The number of nitrogens with one attached hydrogen (secondary N) is 1. The first-order valence-corrected chi connectivity index (χ1v) is 9.89. The first kappa shape index (κ1) is 19.6. The number of benzene rings is 2. The van der Waals surface area contributed by atoms with E-state index in [1.165, 1.54) is 10.5 Å². The van der Waals surface area contributed by atoms with Gasteiger partial charge in [0.05, 0.1) is 27.3 Å². The van der Waals surface area contributed by atoms with Crippen LogP contribution in [0.5, 0.6) is 0 Å². The van der Waals surface area contributed by atoms with E-state index in [0.29, 0.717) is 0 Å². The molecule has 0 saturated carbocycles. The van der Waals surface area contributed by atoms with E-state index in [1.807, 2.05) is 30.3 Å². The number of morpholine rings is 1. The number of carbonyl (C=O) groups is 1. The lowest BCUT2D eigenvalue weighted by atomic mass is 9.80. The summed E-state index contributed by atoms with van der Waals surface area (Å²) in [5.41, 5.74) is 2.71. The number of hydrogen-bond acceptors (Lipinski definition) is 3. The smallest absolute Gasteiger partial charge is 0.223 e. The molecule has 1 N–H and O–H groups in total. The summed E-state index contributed by atoms with van der Waals surface area (Å²) in [5, 5.41) is 0. The van der Waals surface area contributed by atoms with E-state index in [4.69, 9.17) is 4.74 Å². The van der Waals surface area contributed by atoms with Crippen molar-refractivity contribution in [2.75, 3.05) is 45.3 Å². The highest BCUT2D eigenvalue weighted by Gasteiger charge is 2.43. The highest BCUT2D eigenvalue weighted by Crippen LogP contribution is 2.23. The zero-order valence-corrected chi connectivity index (χ0v) is 16.7. The maximum absolute atomic E-state index is 13.6. The van der Waals surface area contributed by atoms with Gasteiger partial charge in [-0.05, 0) is 29.8 Å². The number of rotatable bonds is 7. The van der Waals surface area contributed by atoms with Crippen molar-refractivity contribution in [3.05, 3.63) is 65.7 Å². The van der Waals surface area contributed by atoms with Crippen molar-refractivity contribution in [3.8, 4) is 0 Å². The Kier molecular flexibility index (Phi) is 6.30. The number of carbonyl (C=O) groups excluding carboxylic acids is 1. The summed E-state index contributed by atoms with van der Waals surface area (Å²) in [6.07, 6.45) is 1.55. The lowest BCUT2D eigenvalue weighted by Crippen LogP contribution is -3.17. The molecule has 1 heterocycles. The highest BCUT2D eigenvalue weighted by atomic mass is 16.5. The number of anilines is 1. The second kappa shape index (κ2) is 8.68. The van der Waals surface area contributed by atoms with Crippen LogP contribution in [0.2, 0.25) is 0 Å². The van der Waals surface area contributed by atoms with E-state index >= 15 is 0 Å². The minimum absolute atomic E-state index is 0.224. The van der Waals surface area contributed by atoms with Gasteiger partial charge in [0.15, 0.2) is 5.54 Å². The molecule has 4 nitrogen and oxygen atoms in total. The second-order valence-corrected chi connectivity index (χ2v) is 7.57. The Labute approximate surface area is 162 Å². The quantitative estimate of drug-likeness (QED) is 0.762. The predicted molar refractivity (Wildman–Crippen MR) is 110 cm³/mol. The molecule has 2 aromatic rings. The van der Waals surface area contributed by atoms with E-state index in [1.54, 1.807) is 0 Å². The van der Waals surface area contributed by atoms with Crippen LogP contribution in [0.15, 0.2) is 54.6 Å². The van der Waals surface area contributed by atoms with Crippen LogP contribution in [0.4, 0.5) is 5.69 Å². The van der Waals surface area contributed by atoms with E-state index in [9.17, 15) is 4.79 Å². The zero-order valence-electron chi connectivity index (χ0n) is 16.7. The van der Waals surface area contributed by atoms with Gasteiger partial charge in [-0.25, -0.2) is 0 Å². The Morgan fingerprint density at radius 1 is 1.04 bits per heavy atom. The summed E-state index contributed by atoms with van der Waals surface area (Å²) in [6.45, 7) is 5.46. The molecule has 2 aromatic carbocycles. The minimum Gasteiger partial charge on any atom is -0.378 e. The molecule has 144 valence electrons. The SMILES string of the molecule is CC[C@](Cc1ccccc1)(C(=O)c1ccc(N2CCOCC2)cc1)[NH+](C)C. The summed E-state index contributed by atoms with van der Waals surface area (Å²) in [6, 6.07) is 18.5. The van der Waals surface area contributed by atoms with Gasteiger partial charge in [-0.3, -0.25) is 4.79 Å². The van der Waals surface area contributed by atoms with Crippen LogP contribution >= 0.6 is 0 Å². The standard InChI is InChI=1S/C23H30N2O2/c1-4-23(24(2)3,18-19-8-6-5-7-9-19)22(26)20-10-12-21(13-11-20)25-14-16-27-17-15-25/h5-13H,4,14-18H2,1-3H3/p+1/t23-/m0/s1. The van der Waals surface area contributed by atoms with Gasteiger partial charge in [-0.1, -0.05) is 37.3 Å². The Morgan fingerprint density at radius 3 is 2.22 bits per heavy atom. The van der Waals surface area contributed by atoms with Gasteiger partial charge < -0.3 is 14.5 Å². The van der Waals surface area contributed by atoms with Gasteiger partial charge in [0.25, 0.3) is 0 Å². The predicted octanol–water partition coefficient (Wildman–Crippen LogP) is 2.24.